The lowest BCUT2D eigenvalue weighted by Gasteiger charge is -2.23. The van der Waals surface area contributed by atoms with Gasteiger partial charge in [0, 0.05) is 6.20 Å². The molecule has 0 aliphatic carbocycles. The second kappa shape index (κ2) is 4.36. The monoisotopic (exact) mass is 177 g/mol. The number of amides is 1. The molecule has 0 aromatic rings. The van der Waals surface area contributed by atoms with E-state index >= 15 is 0 Å². The number of carbonyl (C=O) groups excluding carboxylic acids is 1. The van der Waals surface area contributed by atoms with Gasteiger partial charge in [0.1, 0.15) is 6.04 Å². The molecule has 0 aromatic heterocycles. The molecule has 1 aliphatic rings. The van der Waals surface area contributed by atoms with Gasteiger partial charge >= 0.3 is 6.09 Å². The summed E-state index contributed by atoms with van der Waals surface area (Å²) < 4.78 is 4.82. The predicted molar refractivity (Wildman–Crippen MR) is 49.8 cm³/mol. The molecular formula is C10H11NO2. The number of nitrogens with zero attached hydrogens (tertiary/aromatic N) is 1. The summed E-state index contributed by atoms with van der Waals surface area (Å²) >= 11 is 0. The first kappa shape index (κ1) is 9.40. The van der Waals surface area contributed by atoms with Crippen LogP contribution in [0, 0.1) is 12.3 Å². The van der Waals surface area contributed by atoms with Crippen LogP contribution in [0.1, 0.15) is 6.92 Å². The second-order valence-corrected chi connectivity index (χ2v) is 2.44. The molecule has 0 spiro atoms. The van der Waals surface area contributed by atoms with Gasteiger partial charge in [-0.05, 0) is 19.1 Å². The van der Waals surface area contributed by atoms with Crippen molar-refractivity contribution in [2.45, 2.75) is 13.0 Å². The van der Waals surface area contributed by atoms with Crippen molar-refractivity contribution >= 4 is 6.09 Å². The number of ether oxygens (including phenoxy) is 1. The number of carbonyl (C=O) groups is 1. The van der Waals surface area contributed by atoms with E-state index in [1.165, 1.54) is 4.90 Å². The highest BCUT2D eigenvalue weighted by atomic mass is 16.6. The summed E-state index contributed by atoms with van der Waals surface area (Å²) in [6.07, 6.45) is 11.8. The molecule has 0 N–H and O–H groups in total. The maximum atomic E-state index is 11.3. The molecule has 3 nitrogen and oxygen atoms in total. The van der Waals surface area contributed by atoms with Crippen LogP contribution in [0.2, 0.25) is 0 Å². The van der Waals surface area contributed by atoms with Gasteiger partial charge < -0.3 is 4.74 Å². The van der Waals surface area contributed by atoms with E-state index in [2.05, 4.69) is 5.92 Å². The highest BCUT2D eigenvalue weighted by molar-refractivity contribution is 5.70. The minimum absolute atomic E-state index is 0.330. The molecule has 1 heterocycles. The summed E-state index contributed by atoms with van der Waals surface area (Å²) in [4.78, 5) is 12.7. The number of hydrogen-bond donors (Lipinski definition) is 0. The molecular weight excluding hydrogens is 166 g/mol. The van der Waals surface area contributed by atoms with Crippen LogP contribution in [0.25, 0.3) is 0 Å². The molecule has 3 heteroatoms. The van der Waals surface area contributed by atoms with Crippen molar-refractivity contribution in [3.8, 4) is 12.3 Å². The lowest BCUT2D eigenvalue weighted by molar-refractivity contribution is 0.120. The average Bonchev–Trinajstić information content (AvgIpc) is 2.18. The van der Waals surface area contributed by atoms with Gasteiger partial charge in [0.2, 0.25) is 0 Å². The van der Waals surface area contributed by atoms with Crippen molar-refractivity contribution in [3.63, 3.8) is 0 Å². The van der Waals surface area contributed by atoms with E-state index in [-0.39, 0.29) is 6.04 Å². The first-order valence-electron chi connectivity index (χ1n) is 4.05. The van der Waals surface area contributed by atoms with Crippen molar-refractivity contribution in [3.05, 3.63) is 24.4 Å². The lowest BCUT2D eigenvalue weighted by Crippen LogP contribution is -2.35. The smallest absolute Gasteiger partial charge is 0.415 e. The molecule has 0 saturated carbocycles. The van der Waals surface area contributed by atoms with Gasteiger partial charge in [0.05, 0.1) is 6.61 Å². The van der Waals surface area contributed by atoms with E-state index in [4.69, 9.17) is 11.2 Å². The molecule has 0 unspecified atom stereocenters. The molecule has 1 rings (SSSR count). The quantitative estimate of drug-likeness (QED) is 0.568. The molecule has 1 atom stereocenters. The minimum Gasteiger partial charge on any atom is -0.449 e. The molecule has 0 fully saturated rings. The van der Waals surface area contributed by atoms with Crippen molar-refractivity contribution in [2.75, 3.05) is 6.61 Å². The average molecular weight is 177 g/mol. The van der Waals surface area contributed by atoms with Gasteiger partial charge in [-0.15, -0.1) is 6.42 Å². The third-order valence-electron chi connectivity index (χ3n) is 1.60. The maximum absolute atomic E-state index is 11.3. The molecule has 0 radical (unpaired) electrons. The van der Waals surface area contributed by atoms with Gasteiger partial charge in [-0.1, -0.05) is 12.0 Å². The van der Waals surface area contributed by atoms with E-state index in [1.807, 2.05) is 0 Å². The van der Waals surface area contributed by atoms with Gasteiger partial charge in [-0.2, -0.15) is 0 Å². The van der Waals surface area contributed by atoms with Gasteiger partial charge in [0.15, 0.2) is 0 Å². The van der Waals surface area contributed by atoms with Gasteiger partial charge in [0.25, 0.3) is 0 Å². The van der Waals surface area contributed by atoms with Crippen molar-refractivity contribution < 1.29 is 9.53 Å². The molecule has 0 aromatic carbocycles. The predicted octanol–water partition coefficient (Wildman–Crippen LogP) is 1.53. The standard InChI is InChI=1S/C10H11NO2/c1-3-9-7-5-6-8-11(9)10(12)13-4-2/h1,5-9H,4H2,2H3/t9-/m1/s1. The summed E-state index contributed by atoms with van der Waals surface area (Å²) in [5.41, 5.74) is 0. The second-order valence-electron chi connectivity index (χ2n) is 2.44. The van der Waals surface area contributed by atoms with Crippen LogP contribution in [-0.2, 0) is 4.74 Å². The summed E-state index contributed by atoms with van der Waals surface area (Å²) in [5.74, 6) is 2.48. The Kier molecular flexibility index (Phi) is 3.15. The highest BCUT2D eigenvalue weighted by Crippen LogP contribution is 2.09. The van der Waals surface area contributed by atoms with E-state index in [0.29, 0.717) is 6.61 Å². The Morgan fingerprint density at radius 1 is 1.69 bits per heavy atom. The van der Waals surface area contributed by atoms with Crippen molar-refractivity contribution in [1.29, 1.82) is 0 Å². The number of terminal acetylenes is 1. The zero-order valence-corrected chi connectivity index (χ0v) is 7.43. The third-order valence-corrected chi connectivity index (χ3v) is 1.60. The molecule has 1 aliphatic heterocycles. The number of hydrogen-bond acceptors (Lipinski definition) is 2. The Morgan fingerprint density at radius 3 is 3.08 bits per heavy atom. The van der Waals surface area contributed by atoms with Crippen LogP contribution >= 0.6 is 0 Å². The van der Waals surface area contributed by atoms with E-state index < -0.39 is 6.09 Å². The SMILES string of the molecule is C#C[C@@H]1C=CC=CN1C(=O)OCC. The molecule has 0 saturated heterocycles. The Morgan fingerprint density at radius 2 is 2.46 bits per heavy atom. The van der Waals surface area contributed by atoms with Gasteiger partial charge in [-0.3, -0.25) is 4.90 Å². The van der Waals surface area contributed by atoms with Crippen molar-refractivity contribution in [1.82, 2.24) is 4.90 Å². The maximum Gasteiger partial charge on any atom is 0.415 e. The number of rotatable bonds is 1. The topological polar surface area (TPSA) is 29.5 Å². The van der Waals surface area contributed by atoms with Crippen LogP contribution in [0.4, 0.5) is 4.79 Å². The lowest BCUT2D eigenvalue weighted by atomic mass is 10.2. The normalized spacial score (nSPS) is 19.7. The van der Waals surface area contributed by atoms with Crippen LogP contribution in [-0.4, -0.2) is 23.6 Å². The highest BCUT2D eigenvalue weighted by Gasteiger charge is 2.19. The van der Waals surface area contributed by atoms with Crippen LogP contribution in [0.15, 0.2) is 24.4 Å². The first-order chi connectivity index (χ1) is 6.29. The third kappa shape index (κ3) is 2.12. The Labute approximate surface area is 77.7 Å². The first-order valence-corrected chi connectivity index (χ1v) is 4.05. The summed E-state index contributed by atoms with van der Waals surface area (Å²) in [6, 6.07) is -0.330. The fourth-order valence-electron chi connectivity index (χ4n) is 1.01. The fraction of sp³-hybridized carbons (Fsp3) is 0.300. The van der Waals surface area contributed by atoms with E-state index in [0.717, 1.165) is 0 Å². The Hall–Kier alpha value is -1.69. The molecule has 68 valence electrons. The minimum atomic E-state index is -0.411. The van der Waals surface area contributed by atoms with Crippen LogP contribution < -0.4 is 0 Å². The Balaban J connectivity index is 2.68. The molecule has 1 amide bonds. The summed E-state index contributed by atoms with van der Waals surface area (Å²) in [7, 11) is 0. The molecule has 0 bridgehead atoms. The van der Waals surface area contributed by atoms with Crippen LogP contribution in [0.5, 0.6) is 0 Å². The fourth-order valence-corrected chi connectivity index (χ4v) is 1.01. The van der Waals surface area contributed by atoms with E-state index in [1.54, 1.807) is 31.4 Å². The number of allylic oxidation sites excluding steroid dienone is 2. The molecule has 13 heavy (non-hydrogen) atoms. The zero-order valence-electron chi connectivity index (χ0n) is 7.43. The van der Waals surface area contributed by atoms with Gasteiger partial charge in [-0.25, -0.2) is 4.79 Å². The van der Waals surface area contributed by atoms with Crippen LogP contribution in [0.3, 0.4) is 0 Å². The summed E-state index contributed by atoms with van der Waals surface area (Å²) in [6.45, 7) is 2.11. The van der Waals surface area contributed by atoms with Crippen molar-refractivity contribution in [2.24, 2.45) is 0 Å². The largest absolute Gasteiger partial charge is 0.449 e. The zero-order chi connectivity index (χ0) is 9.68. The van der Waals surface area contributed by atoms with E-state index in [9.17, 15) is 4.79 Å². The Bertz CT molecular complexity index is 286. The summed E-state index contributed by atoms with van der Waals surface area (Å²) in [5, 5.41) is 0.